The van der Waals surface area contributed by atoms with E-state index in [9.17, 15) is 14.9 Å². The van der Waals surface area contributed by atoms with Crippen molar-refractivity contribution >= 4 is 11.6 Å². The fourth-order valence-electron chi connectivity index (χ4n) is 2.71. The lowest BCUT2D eigenvalue weighted by Crippen LogP contribution is -2.44. The van der Waals surface area contributed by atoms with Crippen LogP contribution in [0.3, 0.4) is 0 Å². The van der Waals surface area contributed by atoms with Gasteiger partial charge in [-0.05, 0) is 37.9 Å². The van der Waals surface area contributed by atoms with Gasteiger partial charge in [0.05, 0.1) is 4.92 Å². The summed E-state index contributed by atoms with van der Waals surface area (Å²) in [6, 6.07) is 4.83. The minimum Gasteiger partial charge on any atom is -0.340 e. The van der Waals surface area contributed by atoms with Gasteiger partial charge in [0.1, 0.15) is 0 Å². The number of carbonyl (C=O) groups excluding carboxylic acids is 1. The van der Waals surface area contributed by atoms with Gasteiger partial charge in [-0.3, -0.25) is 14.9 Å². The van der Waals surface area contributed by atoms with Crippen molar-refractivity contribution < 1.29 is 9.72 Å². The van der Waals surface area contributed by atoms with Gasteiger partial charge < -0.3 is 10.2 Å². The summed E-state index contributed by atoms with van der Waals surface area (Å²) in [6.07, 6.45) is 3.42. The van der Waals surface area contributed by atoms with Gasteiger partial charge in [-0.15, -0.1) is 0 Å². The first-order chi connectivity index (χ1) is 9.97. The molecule has 1 aliphatic heterocycles. The Hall–Kier alpha value is -1.95. The van der Waals surface area contributed by atoms with Crippen molar-refractivity contribution in [1.29, 1.82) is 0 Å². The molecule has 1 aromatic carbocycles. The highest BCUT2D eigenvalue weighted by Gasteiger charge is 2.20. The number of benzene rings is 1. The minimum atomic E-state index is -0.466. The standard InChI is InChI=1S/C15H21N3O3/c1-11-7-12(9-14(8-11)18(20)21)15(19)17(2)10-13-5-3-4-6-16-13/h7-9,13,16H,3-6,10H2,1-2H3. The summed E-state index contributed by atoms with van der Waals surface area (Å²) < 4.78 is 0. The fourth-order valence-corrected chi connectivity index (χ4v) is 2.71. The van der Waals surface area contributed by atoms with Crippen LogP contribution in [0.4, 0.5) is 5.69 Å². The number of non-ortho nitro benzene ring substituents is 1. The Morgan fingerprint density at radius 2 is 2.19 bits per heavy atom. The number of hydrogen-bond donors (Lipinski definition) is 1. The van der Waals surface area contributed by atoms with Crippen LogP contribution < -0.4 is 5.32 Å². The zero-order valence-corrected chi connectivity index (χ0v) is 12.5. The summed E-state index contributed by atoms with van der Waals surface area (Å²) in [5.74, 6) is -0.172. The summed E-state index contributed by atoms with van der Waals surface area (Å²) in [5, 5.41) is 14.3. The normalized spacial score (nSPS) is 18.3. The summed E-state index contributed by atoms with van der Waals surface area (Å²) >= 11 is 0. The quantitative estimate of drug-likeness (QED) is 0.681. The molecule has 1 heterocycles. The third-order valence-corrected chi connectivity index (χ3v) is 3.77. The number of nitro groups is 1. The highest BCUT2D eigenvalue weighted by atomic mass is 16.6. The Labute approximate surface area is 124 Å². The smallest absolute Gasteiger partial charge is 0.270 e. The number of nitro benzene ring substituents is 1. The van der Waals surface area contributed by atoms with E-state index in [4.69, 9.17) is 0 Å². The summed E-state index contributed by atoms with van der Waals surface area (Å²) in [4.78, 5) is 24.5. The molecule has 1 N–H and O–H groups in total. The van der Waals surface area contributed by atoms with E-state index in [1.807, 2.05) is 0 Å². The first-order valence-electron chi connectivity index (χ1n) is 7.22. The van der Waals surface area contributed by atoms with Gasteiger partial charge in [0.2, 0.25) is 0 Å². The maximum absolute atomic E-state index is 12.4. The van der Waals surface area contributed by atoms with Crippen molar-refractivity contribution in [1.82, 2.24) is 10.2 Å². The van der Waals surface area contributed by atoms with E-state index < -0.39 is 4.92 Å². The molecule has 1 aliphatic rings. The van der Waals surface area contributed by atoms with Crippen molar-refractivity contribution in [2.75, 3.05) is 20.1 Å². The average Bonchev–Trinajstić information content (AvgIpc) is 2.46. The molecule has 1 saturated heterocycles. The number of amides is 1. The van der Waals surface area contributed by atoms with Gasteiger partial charge in [0.25, 0.3) is 11.6 Å². The molecule has 0 aromatic heterocycles. The molecule has 114 valence electrons. The molecular weight excluding hydrogens is 270 g/mol. The maximum Gasteiger partial charge on any atom is 0.270 e. The third-order valence-electron chi connectivity index (χ3n) is 3.77. The number of carbonyl (C=O) groups is 1. The Kier molecular flexibility index (Phi) is 4.90. The lowest BCUT2D eigenvalue weighted by molar-refractivity contribution is -0.384. The largest absolute Gasteiger partial charge is 0.340 e. The molecule has 0 radical (unpaired) electrons. The van der Waals surface area contributed by atoms with Gasteiger partial charge >= 0.3 is 0 Å². The van der Waals surface area contributed by atoms with Crippen LogP contribution in [0.15, 0.2) is 18.2 Å². The number of likely N-dealkylation sites (N-methyl/N-ethyl adjacent to an activating group) is 1. The Morgan fingerprint density at radius 3 is 2.81 bits per heavy atom. The highest BCUT2D eigenvalue weighted by molar-refractivity contribution is 5.95. The number of hydrogen-bond acceptors (Lipinski definition) is 4. The zero-order valence-electron chi connectivity index (χ0n) is 12.5. The summed E-state index contributed by atoms with van der Waals surface area (Å²) in [6.45, 7) is 3.37. The average molecular weight is 291 g/mol. The molecule has 1 unspecified atom stereocenters. The van der Waals surface area contributed by atoms with Crippen molar-refractivity contribution in [3.05, 3.63) is 39.4 Å². The van der Waals surface area contributed by atoms with Crippen molar-refractivity contribution in [3.8, 4) is 0 Å². The molecule has 1 amide bonds. The lowest BCUT2D eigenvalue weighted by Gasteiger charge is -2.28. The fraction of sp³-hybridized carbons (Fsp3) is 0.533. The second-order valence-corrected chi connectivity index (χ2v) is 5.65. The maximum atomic E-state index is 12.4. The monoisotopic (exact) mass is 291 g/mol. The van der Waals surface area contributed by atoms with E-state index in [2.05, 4.69) is 5.32 Å². The summed E-state index contributed by atoms with van der Waals surface area (Å²) in [7, 11) is 1.74. The van der Waals surface area contributed by atoms with Crippen LogP contribution in [0.2, 0.25) is 0 Å². The van der Waals surface area contributed by atoms with Crippen LogP contribution in [0, 0.1) is 17.0 Å². The molecule has 6 heteroatoms. The van der Waals surface area contributed by atoms with Crippen LogP contribution in [-0.4, -0.2) is 41.9 Å². The molecule has 6 nitrogen and oxygen atoms in total. The zero-order chi connectivity index (χ0) is 15.4. The number of piperidine rings is 1. The number of aryl methyl sites for hydroxylation is 1. The topological polar surface area (TPSA) is 75.5 Å². The molecule has 0 spiro atoms. The molecule has 1 aromatic rings. The molecule has 21 heavy (non-hydrogen) atoms. The van der Waals surface area contributed by atoms with Crippen LogP contribution in [0.5, 0.6) is 0 Å². The SMILES string of the molecule is Cc1cc(C(=O)N(C)CC2CCCCN2)cc([N+](=O)[O-])c1. The molecule has 1 atom stereocenters. The molecule has 0 bridgehead atoms. The van der Waals surface area contributed by atoms with Gasteiger partial charge in [-0.2, -0.15) is 0 Å². The first kappa shape index (κ1) is 15.4. The molecule has 0 aliphatic carbocycles. The van der Waals surface area contributed by atoms with E-state index in [-0.39, 0.29) is 11.6 Å². The van der Waals surface area contributed by atoms with E-state index in [0.29, 0.717) is 18.2 Å². The molecule has 2 rings (SSSR count). The number of nitrogens with zero attached hydrogens (tertiary/aromatic N) is 2. The second-order valence-electron chi connectivity index (χ2n) is 5.65. The Bertz CT molecular complexity index is 539. The number of rotatable bonds is 4. The Balaban J connectivity index is 2.09. The van der Waals surface area contributed by atoms with Crippen molar-refractivity contribution in [3.63, 3.8) is 0 Å². The highest BCUT2D eigenvalue weighted by Crippen LogP contribution is 2.18. The van der Waals surface area contributed by atoms with Crippen LogP contribution in [0.1, 0.15) is 35.2 Å². The van der Waals surface area contributed by atoms with Gasteiger partial charge in [0, 0.05) is 37.3 Å². The van der Waals surface area contributed by atoms with Crippen molar-refractivity contribution in [2.24, 2.45) is 0 Å². The Morgan fingerprint density at radius 1 is 1.43 bits per heavy atom. The van der Waals surface area contributed by atoms with Gasteiger partial charge in [0.15, 0.2) is 0 Å². The third kappa shape index (κ3) is 4.01. The minimum absolute atomic E-state index is 0.0393. The van der Waals surface area contributed by atoms with Gasteiger partial charge in [-0.1, -0.05) is 6.42 Å². The molecular formula is C15H21N3O3. The number of nitrogens with one attached hydrogen (secondary N) is 1. The van der Waals surface area contributed by atoms with Crippen LogP contribution in [0.25, 0.3) is 0 Å². The first-order valence-corrected chi connectivity index (χ1v) is 7.22. The van der Waals surface area contributed by atoms with E-state index in [1.54, 1.807) is 24.9 Å². The van der Waals surface area contributed by atoms with Crippen LogP contribution in [-0.2, 0) is 0 Å². The van der Waals surface area contributed by atoms with Crippen molar-refractivity contribution in [2.45, 2.75) is 32.2 Å². The van der Waals surface area contributed by atoms with E-state index in [0.717, 1.165) is 18.5 Å². The van der Waals surface area contributed by atoms with Crippen LogP contribution >= 0.6 is 0 Å². The molecule has 0 saturated carbocycles. The second kappa shape index (κ2) is 6.67. The lowest BCUT2D eigenvalue weighted by atomic mass is 10.0. The van der Waals surface area contributed by atoms with Gasteiger partial charge in [-0.25, -0.2) is 0 Å². The molecule has 1 fully saturated rings. The predicted octanol–water partition coefficient (Wildman–Crippen LogP) is 2.12. The van der Waals surface area contributed by atoms with E-state index >= 15 is 0 Å². The van der Waals surface area contributed by atoms with E-state index in [1.165, 1.54) is 25.0 Å². The summed E-state index contributed by atoms with van der Waals surface area (Å²) in [5.41, 5.74) is 1.05. The predicted molar refractivity (Wildman–Crippen MR) is 80.4 cm³/mol.